The molecule has 1 aromatic carbocycles. The smallest absolute Gasteiger partial charge is 0.232 e. The summed E-state index contributed by atoms with van der Waals surface area (Å²) in [6.45, 7) is 6.79. The molecule has 0 aliphatic carbocycles. The molecular weight excluding hydrogens is 312 g/mol. The molecule has 0 atom stereocenters. The molecule has 0 aliphatic rings. The van der Waals surface area contributed by atoms with Gasteiger partial charge < -0.3 is 4.90 Å². The van der Waals surface area contributed by atoms with Crippen LogP contribution in [0.5, 0.6) is 0 Å². The van der Waals surface area contributed by atoms with Crippen molar-refractivity contribution in [2.75, 3.05) is 30.7 Å². The Kier molecular flexibility index (Phi) is 7.06. The summed E-state index contributed by atoms with van der Waals surface area (Å²) in [5.41, 5.74) is 2.60. The predicted molar refractivity (Wildman–Crippen MR) is 95.3 cm³/mol. The zero-order valence-electron chi connectivity index (χ0n) is 14.8. The van der Waals surface area contributed by atoms with Gasteiger partial charge in [0.25, 0.3) is 0 Å². The Balaban J connectivity index is 2.90. The molecule has 1 aromatic rings. The minimum Gasteiger partial charge on any atom is -0.346 e. The first-order valence-electron chi connectivity index (χ1n) is 7.96. The summed E-state index contributed by atoms with van der Waals surface area (Å²) in [7, 11) is -1.67. The standard InChI is InChI=1S/C17H28N2O3S/c1-6-7-12-18(4)17(20)11-13-19(23(5,21)22)16-10-8-9-14(2)15(16)3/h8-10H,6-7,11-13H2,1-5H3. The fourth-order valence-electron chi connectivity index (χ4n) is 2.38. The number of carbonyl (C=O) groups excluding carboxylic acids is 1. The van der Waals surface area contributed by atoms with E-state index in [9.17, 15) is 13.2 Å². The van der Waals surface area contributed by atoms with E-state index in [0.717, 1.165) is 24.0 Å². The first kappa shape index (κ1) is 19.5. The lowest BCUT2D eigenvalue weighted by molar-refractivity contribution is -0.129. The second-order valence-corrected chi connectivity index (χ2v) is 7.88. The van der Waals surface area contributed by atoms with Crippen molar-refractivity contribution in [2.45, 2.75) is 40.0 Å². The van der Waals surface area contributed by atoms with Crippen molar-refractivity contribution in [3.8, 4) is 0 Å². The molecule has 1 rings (SSSR count). The van der Waals surface area contributed by atoms with Crippen LogP contribution in [0.3, 0.4) is 0 Å². The van der Waals surface area contributed by atoms with Gasteiger partial charge in [-0.25, -0.2) is 8.42 Å². The molecule has 0 aromatic heterocycles. The maximum absolute atomic E-state index is 12.2. The summed E-state index contributed by atoms with van der Waals surface area (Å²) in [5, 5.41) is 0. The number of amides is 1. The molecule has 0 saturated heterocycles. The lowest BCUT2D eigenvalue weighted by Gasteiger charge is -2.26. The average molecular weight is 340 g/mol. The van der Waals surface area contributed by atoms with Gasteiger partial charge in [0.1, 0.15) is 0 Å². The maximum Gasteiger partial charge on any atom is 0.232 e. The number of rotatable bonds is 8. The van der Waals surface area contributed by atoms with E-state index in [4.69, 9.17) is 0 Å². The number of benzene rings is 1. The molecule has 0 saturated carbocycles. The fourth-order valence-corrected chi connectivity index (χ4v) is 3.36. The number of carbonyl (C=O) groups is 1. The minimum atomic E-state index is -3.43. The lowest BCUT2D eigenvalue weighted by atomic mass is 10.1. The van der Waals surface area contributed by atoms with E-state index in [0.29, 0.717) is 12.2 Å². The minimum absolute atomic E-state index is 0.0302. The number of aryl methyl sites for hydroxylation is 1. The van der Waals surface area contributed by atoms with Crippen molar-refractivity contribution in [3.63, 3.8) is 0 Å². The summed E-state index contributed by atoms with van der Waals surface area (Å²) in [5.74, 6) is -0.0302. The molecule has 6 heteroatoms. The zero-order chi connectivity index (χ0) is 17.6. The van der Waals surface area contributed by atoms with Crippen LogP contribution in [0.2, 0.25) is 0 Å². The van der Waals surface area contributed by atoms with Crippen molar-refractivity contribution in [3.05, 3.63) is 29.3 Å². The molecule has 0 N–H and O–H groups in total. The third-order valence-corrected chi connectivity index (χ3v) is 5.23. The van der Waals surface area contributed by atoms with Gasteiger partial charge in [0, 0.05) is 26.6 Å². The van der Waals surface area contributed by atoms with E-state index in [-0.39, 0.29) is 18.9 Å². The molecule has 130 valence electrons. The summed E-state index contributed by atoms with van der Waals surface area (Å²) in [6, 6.07) is 5.57. The monoisotopic (exact) mass is 340 g/mol. The summed E-state index contributed by atoms with van der Waals surface area (Å²) in [4.78, 5) is 13.8. The van der Waals surface area contributed by atoms with Crippen LogP contribution < -0.4 is 4.31 Å². The second kappa shape index (κ2) is 8.34. The van der Waals surface area contributed by atoms with E-state index in [1.165, 1.54) is 10.6 Å². The van der Waals surface area contributed by atoms with Crippen LogP contribution in [0, 0.1) is 13.8 Å². The SMILES string of the molecule is CCCCN(C)C(=O)CCN(c1cccc(C)c1C)S(C)(=O)=O. The number of unbranched alkanes of at least 4 members (excludes halogenated alkanes) is 1. The first-order valence-corrected chi connectivity index (χ1v) is 9.81. The van der Waals surface area contributed by atoms with Gasteiger partial charge in [-0.2, -0.15) is 0 Å². The molecule has 0 bridgehead atoms. The molecule has 0 aliphatic heterocycles. The molecule has 0 spiro atoms. The molecule has 0 fully saturated rings. The average Bonchev–Trinajstić information content (AvgIpc) is 2.47. The molecule has 1 amide bonds. The van der Waals surface area contributed by atoms with Crippen molar-refractivity contribution in [1.82, 2.24) is 4.90 Å². The Morgan fingerprint density at radius 2 is 1.83 bits per heavy atom. The van der Waals surface area contributed by atoms with E-state index in [1.54, 1.807) is 18.0 Å². The van der Waals surface area contributed by atoms with Crippen LogP contribution in [0.25, 0.3) is 0 Å². The number of anilines is 1. The lowest BCUT2D eigenvalue weighted by Crippen LogP contribution is -2.36. The summed E-state index contributed by atoms with van der Waals surface area (Å²) < 4.78 is 25.6. The fraction of sp³-hybridized carbons (Fsp3) is 0.588. The predicted octanol–water partition coefficient (Wildman–Crippen LogP) is 2.72. The quantitative estimate of drug-likeness (QED) is 0.731. The second-order valence-electron chi connectivity index (χ2n) is 5.97. The van der Waals surface area contributed by atoms with Crippen LogP contribution in [0.4, 0.5) is 5.69 Å². The Labute approximate surface area is 140 Å². The van der Waals surface area contributed by atoms with Gasteiger partial charge in [-0.05, 0) is 37.5 Å². The Bertz CT molecular complexity index is 641. The molecule has 0 radical (unpaired) electrons. The largest absolute Gasteiger partial charge is 0.346 e. The summed E-state index contributed by atoms with van der Waals surface area (Å²) >= 11 is 0. The van der Waals surface area contributed by atoms with Crippen molar-refractivity contribution < 1.29 is 13.2 Å². The first-order chi connectivity index (χ1) is 10.7. The van der Waals surface area contributed by atoms with Crippen molar-refractivity contribution >= 4 is 21.6 Å². The van der Waals surface area contributed by atoms with Crippen LogP contribution in [0.1, 0.15) is 37.3 Å². The highest BCUT2D eigenvalue weighted by Crippen LogP contribution is 2.25. The third-order valence-electron chi connectivity index (χ3n) is 4.05. The number of hydrogen-bond acceptors (Lipinski definition) is 3. The Morgan fingerprint density at radius 3 is 2.39 bits per heavy atom. The van der Waals surface area contributed by atoms with E-state index in [2.05, 4.69) is 6.92 Å². The van der Waals surface area contributed by atoms with E-state index >= 15 is 0 Å². The number of nitrogens with zero attached hydrogens (tertiary/aromatic N) is 2. The maximum atomic E-state index is 12.2. The third kappa shape index (κ3) is 5.53. The van der Waals surface area contributed by atoms with Gasteiger partial charge in [-0.3, -0.25) is 9.10 Å². The molecule has 0 unspecified atom stereocenters. The Morgan fingerprint density at radius 1 is 1.17 bits per heavy atom. The molecule has 5 nitrogen and oxygen atoms in total. The van der Waals surface area contributed by atoms with Crippen molar-refractivity contribution in [2.24, 2.45) is 0 Å². The van der Waals surface area contributed by atoms with Gasteiger partial charge >= 0.3 is 0 Å². The van der Waals surface area contributed by atoms with Crippen molar-refractivity contribution in [1.29, 1.82) is 0 Å². The highest BCUT2D eigenvalue weighted by molar-refractivity contribution is 7.92. The number of hydrogen-bond donors (Lipinski definition) is 0. The number of sulfonamides is 1. The van der Waals surface area contributed by atoms with Gasteiger partial charge in [0.2, 0.25) is 15.9 Å². The Hall–Kier alpha value is -1.56. The molecule has 0 heterocycles. The topological polar surface area (TPSA) is 57.7 Å². The van der Waals surface area contributed by atoms with Crippen LogP contribution >= 0.6 is 0 Å². The van der Waals surface area contributed by atoms with Crippen LogP contribution in [-0.4, -0.2) is 45.6 Å². The van der Waals surface area contributed by atoms with Crippen LogP contribution in [-0.2, 0) is 14.8 Å². The van der Waals surface area contributed by atoms with Gasteiger partial charge in [-0.1, -0.05) is 25.5 Å². The zero-order valence-corrected chi connectivity index (χ0v) is 15.6. The van der Waals surface area contributed by atoms with Crippen LogP contribution in [0.15, 0.2) is 18.2 Å². The van der Waals surface area contributed by atoms with E-state index < -0.39 is 10.0 Å². The summed E-state index contributed by atoms with van der Waals surface area (Å²) in [6.07, 6.45) is 3.34. The normalized spacial score (nSPS) is 11.3. The molecular formula is C17H28N2O3S. The van der Waals surface area contributed by atoms with Gasteiger partial charge in [-0.15, -0.1) is 0 Å². The molecule has 23 heavy (non-hydrogen) atoms. The van der Waals surface area contributed by atoms with Gasteiger partial charge in [0.15, 0.2) is 0 Å². The van der Waals surface area contributed by atoms with Gasteiger partial charge in [0.05, 0.1) is 11.9 Å². The highest BCUT2D eigenvalue weighted by atomic mass is 32.2. The van der Waals surface area contributed by atoms with E-state index in [1.807, 2.05) is 26.0 Å². The highest BCUT2D eigenvalue weighted by Gasteiger charge is 2.21.